The summed E-state index contributed by atoms with van der Waals surface area (Å²) in [6, 6.07) is 6.66. The maximum Gasteiger partial charge on any atom is 0.326 e. The van der Waals surface area contributed by atoms with Gasteiger partial charge in [-0.05, 0) is 31.4 Å². The number of rotatable bonds is 4. The number of likely N-dealkylation sites (tertiary alicyclic amines) is 1. The first-order valence-corrected chi connectivity index (χ1v) is 6.71. The van der Waals surface area contributed by atoms with E-state index in [1.165, 1.54) is 4.90 Å². The number of hydrogen-bond acceptors (Lipinski definition) is 3. The summed E-state index contributed by atoms with van der Waals surface area (Å²) in [5.74, 6) is -0.625. The number of carbonyl (C=O) groups is 2. The number of nitrogens with zero attached hydrogens (tertiary/aromatic N) is 1. The number of amides is 1. The Balaban J connectivity index is 1.94. The van der Waals surface area contributed by atoms with E-state index in [2.05, 4.69) is 0 Å². The van der Waals surface area contributed by atoms with Gasteiger partial charge in [0.2, 0.25) is 0 Å². The van der Waals surface area contributed by atoms with Crippen LogP contribution >= 0.6 is 0 Å². The van der Waals surface area contributed by atoms with E-state index in [0.29, 0.717) is 18.7 Å². The molecular weight excluding hydrogens is 258 g/mol. The van der Waals surface area contributed by atoms with E-state index in [9.17, 15) is 14.7 Å². The topological polar surface area (TPSA) is 66.8 Å². The molecule has 1 fully saturated rings. The molecule has 1 aliphatic rings. The van der Waals surface area contributed by atoms with Crippen LogP contribution < -0.4 is 4.74 Å². The lowest BCUT2D eigenvalue weighted by atomic mass is 10.0. The molecule has 0 spiro atoms. The summed E-state index contributed by atoms with van der Waals surface area (Å²) in [5, 5.41) is 9.18. The van der Waals surface area contributed by atoms with Crippen LogP contribution in [0.4, 0.5) is 0 Å². The minimum absolute atomic E-state index is 0.0178. The Labute approximate surface area is 118 Å². The van der Waals surface area contributed by atoms with Gasteiger partial charge in [0, 0.05) is 6.54 Å². The quantitative estimate of drug-likeness (QED) is 0.909. The summed E-state index contributed by atoms with van der Waals surface area (Å²) in [5.41, 5.74) is 1.11. The molecule has 0 aliphatic carbocycles. The van der Waals surface area contributed by atoms with Crippen LogP contribution in [0, 0.1) is 12.8 Å². The first-order chi connectivity index (χ1) is 9.49. The van der Waals surface area contributed by atoms with Crippen molar-refractivity contribution in [2.45, 2.75) is 26.3 Å². The fourth-order valence-corrected chi connectivity index (χ4v) is 2.47. The van der Waals surface area contributed by atoms with Crippen molar-refractivity contribution in [3.05, 3.63) is 29.8 Å². The van der Waals surface area contributed by atoms with E-state index in [4.69, 9.17) is 4.74 Å². The molecule has 1 aromatic rings. The molecule has 0 aromatic heterocycles. The second-order valence-corrected chi connectivity index (χ2v) is 5.24. The number of aryl methyl sites for hydroxylation is 1. The van der Waals surface area contributed by atoms with Crippen molar-refractivity contribution in [1.82, 2.24) is 4.90 Å². The lowest BCUT2D eigenvalue weighted by Gasteiger charge is -2.23. The van der Waals surface area contributed by atoms with Gasteiger partial charge in [-0.25, -0.2) is 4.79 Å². The first kappa shape index (κ1) is 14.4. The molecule has 0 bridgehead atoms. The van der Waals surface area contributed by atoms with E-state index in [-0.39, 0.29) is 18.4 Å². The van der Waals surface area contributed by atoms with E-state index >= 15 is 0 Å². The number of ether oxygens (including phenoxy) is 1. The van der Waals surface area contributed by atoms with Gasteiger partial charge in [0.25, 0.3) is 5.91 Å². The van der Waals surface area contributed by atoms with E-state index < -0.39 is 12.0 Å². The zero-order valence-corrected chi connectivity index (χ0v) is 11.7. The molecule has 2 unspecified atom stereocenters. The van der Waals surface area contributed by atoms with Crippen LogP contribution in [0.25, 0.3) is 0 Å². The monoisotopic (exact) mass is 277 g/mol. The standard InChI is InChI=1S/C15H19NO4/c1-10-3-5-12(6-4-10)20-9-13(17)16-8-7-11(2)14(16)15(18)19/h3-6,11,14H,7-9H2,1-2H3,(H,18,19). The van der Waals surface area contributed by atoms with Crippen molar-refractivity contribution in [1.29, 1.82) is 0 Å². The van der Waals surface area contributed by atoms with Crippen molar-refractivity contribution < 1.29 is 19.4 Å². The van der Waals surface area contributed by atoms with Crippen molar-refractivity contribution in [3.8, 4) is 5.75 Å². The third-order valence-electron chi connectivity index (χ3n) is 3.66. The number of carboxylic acid groups (broad SMARTS) is 1. The van der Waals surface area contributed by atoms with Crippen LogP contribution in [0.1, 0.15) is 18.9 Å². The average Bonchev–Trinajstić information content (AvgIpc) is 2.80. The van der Waals surface area contributed by atoms with Crippen LogP contribution in [0.5, 0.6) is 5.75 Å². The second kappa shape index (κ2) is 5.94. The van der Waals surface area contributed by atoms with Crippen LogP contribution in [0.3, 0.4) is 0 Å². The van der Waals surface area contributed by atoms with Crippen LogP contribution in [-0.2, 0) is 9.59 Å². The SMILES string of the molecule is Cc1ccc(OCC(=O)N2CCC(C)C2C(=O)O)cc1. The maximum atomic E-state index is 12.1. The highest BCUT2D eigenvalue weighted by molar-refractivity contribution is 5.85. The van der Waals surface area contributed by atoms with E-state index in [1.54, 1.807) is 12.1 Å². The summed E-state index contributed by atoms with van der Waals surface area (Å²) in [4.78, 5) is 24.7. The molecule has 2 rings (SSSR count). The predicted octanol–water partition coefficient (Wildman–Crippen LogP) is 1.70. The lowest BCUT2D eigenvalue weighted by Crippen LogP contribution is -2.44. The number of hydrogen-bond donors (Lipinski definition) is 1. The molecule has 1 aliphatic heterocycles. The summed E-state index contributed by atoms with van der Waals surface area (Å²) in [7, 11) is 0. The van der Waals surface area contributed by atoms with Gasteiger partial charge in [0.1, 0.15) is 11.8 Å². The highest BCUT2D eigenvalue weighted by Crippen LogP contribution is 2.24. The molecule has 5 nitrogen and oxygen atoms in total. The molecule has 1 amide bonds. The Morgan fingerprint density at radius 3 is 2.60 bits per heavy atom. The minimum Gasteiger partial charge on any atom is -0.484 e. The fraction of sp³-hybridized carbons (Fsp3) is 0.467. The number of carboxylic acids is 1. The Kier molecular flexibility index (Phi) is 4.27. The van der Waals surface area contributed by atoms with E-state index in [0.717, 1.165) is 5.56 Å². The highest BCUT2D eigenvalue weighted by atomic mass is 16.5. The Morgan fingerprint density at radius 2 is 2.00 bits per heavy atom. The summed E-state index contributed by atoms with van der Waals surface area (Å²) < 4.78 is 5.41. The zero-order chi connectivity index (χ0) is 14.7. The molecule has 2 atom stereocenters. The van der Waals surface area contributed by atoms with E-state index in [1.807, 2.05) is 26.0 Å². The second-order valence-electron chi connectivity index (χ2n) is 5.24. The molecule has 1 N–H and O–H groups in total. The molecule has 108 valence electrons. The predicted molar refractivity (Wildman–Crippen MR) is 73.6 cm³/mol. The first-order valence-electron chi connectivity index (χ1n) is 6.71. The van der Waals surface area contributed by atoms with Crippen molar-refractivity contribution in [2.75, 3.05) is 13.2 Å². The van der Waals surface area contributed by atoms with Crippen molar-refractivity contribution in [3.63, 3.8) is 0 Å². The summed E-state index contributed by atoms with van der Waals surface area (Å²) in [6.45, 7) is 4.18. The van der Waals surface area contributed by atoms with Gasteiger partial charge in [0.05, 0.1) is 0 Å². The van der Waals surface area contributed by atoms with Gasteiger partial charge in [-0.1, -0.05) is 24.6 Å². The molecule has 0 saturated carbocycles. The van der Waals surface area contributed by atoms with Gasteiger partial charge < -0.3 is 14.7 Å². The van der Waals surface area contributed by atoms with Crippen molar-refractivity contribution in [2.24, 2.45) is 5.92 Å². The summed E-state index contributed by atoms with van der Waals surface area (Å²) in [6.07, 6.45) is 0.716. The van der Waals surface area contributed by atoms with Crippen molar-refractivity contribution >= 4 is 11.9 Å². The largest absolute Gasteiger partial charge is 0.484 e. The highest BCUT2D eigenvalue weighted by Gasteiger charge is 2.39. The molecular formula is C15H19NO4. The minimum atomic E-state index is -0.946. The van der Waals surface area contributed by atoms with Gasteiger partial charge in [0.15, 0.2) is 6.61 Å². The molecule has 1 saturated heterocycles. The zero-order valence-electron chi connectivity index (χ0n) is 11.7. The number of carbonyl (C=O) groups excluding carboxylic acids is 1. The third kappa shape index (κ3) is 3.10. The molecule has 20 heavy (non-hydrogen) atoms. The lowest BCUT2D eigenvalue weighted by molar-refractivity contribution is -0.150. The fourth-order valence-electron chi connectivity index (χ4n) is 2.47. The van der Waals surface area contributed by atoms with Crippen LogP contribution in [-0.4, -0.2) is 41.1 Å². The molecule has 1 heterocycles. The molecule has 0 radical (unpaired) electrons. The summed E-state index contributed by atoms with van der Waals surface area (Å²) >= 11 is 0. The smallest absolute Gasteiger partial charge is 0.326 e. The Morgan fingerprint density at radius 1 is 1.35 bits per heavy atom. The Bertz CT molecular complexity index is 497. The maximum absolute atomic E-state index is 12.1. The Hall–Kier alpha value is -2.04. The average molecular weight is 277 g/mol. The molecule has 5 heteroatoms. The van der Waals surface area contributed by atoms with Gasteiger partial charge in [-0.3, -0.25) is 4.79 Å². The van der Waals surface area contributed by atoms with Gasteiger partial charge >= 0.3 is 5.97 Å². The third-order valence-corrected chi connectivity index (χ3v) is 3.66. The normalized spacial score (nSPS) is 21.8. The number of benzene rings is 1. The molecule has 1 aromatic carbocycles. The number of aliphatic carboxylic acids is 1. The van der Waals surface area contributed by atoms with Gasteiger partial charge in [-0.2, -0.15) is 0 Å². The van der Waals surface area contributed by atoms with Crippen LogP contribution in [0.15, 0.2) is 24.3 Å². The van der Waals surface area contributed by atoms with Crippen LogP contribution in [0.2, 0.25) is 0 Å². The van der Waals surface area contributed by atoms with Gasteiger partial charge in [-0.15, -0.1) is 0 Å².